The molecule has 0 aromatic heterocycles. The molecule has 0 radical (unpaired) electrons. The summed E-state index contributed by atoms with van der Waals surface area (Å²) in [6.07, 6.45) is 4.18. The fraction of sp³-hybridized carbons (Fsp3) is 0.192. The van der Waals surface area contributed by atoms with Gasteiger partial charge in [0.1, 0.15) is 12.4 Å². The third kappa shape index (κ3) is 4.56. The van der Waals surface area contributed by atoms with Crippen LogP contribution in [0, 0.1) is 0 Å². The number of methoxy groups -OCH3 is 1. The van der Waals surface area contributed by atoms with Gasteiger partial charge in [0.2, 0.25) is 0 Å². The molecule has 3 N–H and O–H groups in total. The second-order valence-corrected chi connectivity index (χ2v) is 7.44. The fourth-order valence-corrected chi connectivity index (χ4v) is 4.00. The van der Waals surface area contributed by atoms with Gasteiger partial charge in [-0.2, -0.15) is 0 Å². The van der Waals surface area contributed by atoms with E-state index in [1.54, 1.807) is 13.2 Å². The molecule has 0 atom stereocenters. The molecule has 0 saturated heterocycles. The molecule has 0 bridgehead atoms. The van der Waals surface area contributed by atoms with Gasteiger partial charge >= 0.3 is 6.09 Å². The van der Waals surface area contributed by atoms with E-state index in [-0.39, 0.29) is 5.92 Å². The summed E-state index contributed by atoms with van der Waals surface area (Å²) in [6, 6.07) is 22.1. The van der Waals surface area contributed by atoms with Crippen LogP contribution in [0.4, 0.5) is 10.5 Å². The van der Waals surface area contributed by atoms with Crippen LogP contribution in [0.25, 0.3) is 17.2 Å². The number of alkyl carbamates (subject to hydrolysis) is 1. The molecule has 0 saturated carbocycles. The van der Waals surface area contributed by atoms with Crippen LogP contribution in [0.1, 0.15) is 29.0 Å². The Bertz CT molecular complexity index is 1060. The van der Waals surface area contributed by atoms with Crippen LogP contribution in [0.3, 0.4) is 0 Å². The lowest BCUT2D eigenvalue weighted by Crippen LogP contribution is -2.26. The van der Waals surface area contributed by atoms with E-state index in [4.69, 9.17) is 15.2 Å². The first-order valence-electron chi connectivity index (χ1n) is 10.4. The van der Waals surface area contributed by atoms with Gasteiger partial charge in [-0.1, -0.05) is 60.7 Å². The molecule has 5 nitrogen and oxygen atoms in total. The highest BCUT2D eigenvalue weighted by molar-refractivity contribution is 5.79. The zero-order valence-electron chi connectivity index (χ0n) is 17.5. The molecule has 31 heavy (non-hydrogen) atoms. The van der Waals surface area contributed by atoms with Gasteiger partial charge < -0.3 is 20.5 Å². The highest BCUT2D eigenvalue weighted by Crippen LogP contribution is 2.44. The summed E-state index contributed by atoms with van der Waals surface area (Å²) in [5.41, 5.74) is 12.3. The monoisotopic (exact) mass is 414 g/mol. The molecular weight excluding hydrogens is 388 g/mol. The van der Waals surface area contributed by atoms with Gasteiger partial charge in [-0.3, -0.25) is 0 Å². The van der Waals surface area contributed by atoms with Crippen LogP contribution in [-0.2, 0) is 4.74 Å². The molecule has 3 aromatic carbocycles. The molecule has 5 heteroatoms. The first kappa shape index (κ1) is 20.5. The van der Waals surface area contributed by atoms with Gasteiger partial charge in [0.05, 0.1) is 7.11 Å². The number of nitrogen functional groups attached to an aromatic ring is 1. The van der Waals surface area contributed by atoms with Crippen LogP contribution < -0.4 is 15.8 Å². The van der Waals surface area contributed by atoms with Crippen molar-refractivity contribution in [2.24, 2.45) is 0 Å². The van der Waals surface area contributed by atoms with Crippen molar-refractivity contribution in [1.82, 2.24) is 5.32 Å². The van der Waals surface area contributed by atoms with Crippen molar-refractivity contribution in [3.63, 3.8) is 0 Å². The molecule has 0 heterocycles. The van der Waals surface area contributed by atoms with E-state index < -0.39 is 6.09 Å². The summed E-state index contributed by atoms with van der Waals surface area (Å²) >= 11 is 0. The van der Waals surface area contributed by atoms with E-state index in [2.05, 4.69) is 29.6 Å². The molecule has 0 unspecified atom stereocenters. The van der Waals surface area contributed by atoms with E-state index in [1.807, 2.05) is 48.6 Å². The Hall–Kier alpha value is -3.73. The van der Waals surface area contributed by atoms with E-state index >= 15 is 0 Å². The standard InChI is InChI=1S/C26H26N2O3/c1-30-25-14-13-19(27)16-18(25)8-6-7-15-28-26(29)31-17-24-22-11-4-2-9-20(22)21-10-3-5-12-23(21)24/h2-6,8-14,16,24H,7,15,17,27H2,1H3,(H,28,29). The maximum absolute atomic E-state index is 12.2. The Kier molecular flexibility index (Phi) is 6.22. The zero-order valence-corrected chi connectivity index (χ0v) is 17.5. The predicted molar refractivity (Wildman–Crippen MR) is 124 cm³/mol. The molecule has 0 spiro atoms. The van der Waals surface area contributed by atoms with Gasteiger partial charge in [-0.05, 0) is 46.9 Å². The van der Waals surface area contributed by atoms with Crippen molar-refractivity contribution in [1.29, 1.82) is 0 Å². The lowest BCUT2D eigenvalue weighted by Gasteiger charge is -2.14. The lowest BCUT2D eigenvalue weighted by molar-refractivity contribution is 0.143. The van der Waals surface area contributed by atoms with Crippen LogP contribution in [0.5, 0.6) is 5.75 Å². The summed E-state index contributed by atoms with van der Waals surface area (Å²) in [7, 11) is 1.63. The maximum atomic E-state index is 12.2. The molecule has 1 aliphatic rings. The summed E-state index contributed by atoms with van der Waals surface area (Å²) in [6.45, 7) is 0.800. The largest absolute Gasteiger partial charge is 0.496 e. The van der Waals surface area contributed by atoms with Crippen molar-refractivity contribution >= 4 is 17.9 Å². The number of carbonyl (C=O) groups excluding carboxylic acids is 1. The van der Waals surface area contributed by atoms with Gasteiger partial charge in [-0.25, -0.2) is 4.79 Å². The number of nitrogens with two attached hydrogens (primary N) is 1. The van der Waals surface area contributed by atoms with Crippen molar-refractivity contribution in [3.8, 4) is 16.9 Å². The number of anilines is 1. The Morgan fingerprint density at radius 3 is 2.39 bits per heavy atom. The Balaban J connectivity index is 1.28. The van der Waals surface area contributed by atoms with Crippen LogP contribution in [0.15, 0.2) is 72.8 Å². The highest BCUT2D eigenvalue weighted by atomic mass is 16.5. The number of nitrogens with one attached hydrogen (secondary N) is 1. The second kappa shape index (κ2) is 9.39. The van der Waals surface area contributed by atoms with Gasteiger partial charge in [0.15, 0.2) is 0 Å². The number of fused-ring (bicyclic) bond motifs is 3. The SMILES string of the molecule is COc1ccc(N)cc1C=CCCNC(=O)OCC1c2ccccc2-c2ccccc21. The molecule has 158 valence electrons. The average Bonchev–Trinajstić information content (AvgIpc) is 3.11. The summed E-state index contributed by atoms with van der Waals surface area (Å²) in [4.78, 5) is 12.2. The third-order valence-electron chi connectivity index (χ3n) is 5.48. The topological polar surface area (TPSA) is 73.6 Å². The van der Waals surface area contributed by atoms with E-state index in [9.17, 15) is 4.79 Å². The average molecular weight is 415 g/mol. The molecular formula is C26H26N2O3. The first-order valence-corrected chi connectivity index (χ1v) is 10.4. The number of rotatable bonds is 7. The number of ether oxygens (including phenoxy) is 2. The molecule has 4 rings (SSSR count). The first-order chi connectivity index (χ1) is 15.2. The zero-order chi connectivity index (χ0) is 21.6. The number of hydrogen-bond donors (Lipinski definition) is 2. The minimum absolute atomic E-state index is 0.0639. The lowest BCUT2D eigenvalue weighted by atomic mass is 9.98. The van der Waals surface area contributed by atoms with Gasteiger partial charge in [0, 0.05) is 23.7 Å². The predicted octanol–water partition coefficient (Wildman–Crippen LogP) is 5.22. The number of amides is 1. The summed E-state index contributed by atoms with van der Waals surface area (Å²) < 4.78 is 10.9. The normalized spacial score (nSPS) is 12.4. The quantitative estimate of drug-likeness (QED) is 0.411. The van der Waals surface area contributed by atoms with Crippen molar-refractivity contribution < 1.29 is 14.3 Å². The van der Waals surface area contributed by atoms with E-state index in [0.717, 1.165) is 11.3 Å². The van der Waals surface area contributed by atoms with E-state index in [1.165, 1.54) is 22.3 Å². The van der Waals surface area contributed by atoms with Crippen LogP contribution >= 0.6 is 0 Å². The molecule has 1 aliphatic carbocycles. The van der Waals surface area contributed by atoms with Crippen LogP contribution in [0.2, 0.25) is 0 Å². The molecule has 0 fully saturated rings. The Labute approximate surface area is 182 Å². The van der Waals surface area contributed by atoms with Gasteiger partial charge in [-0.15, -0.1) is 0 Å². The van der Waals surface area contributed by atoms with Gasteiger partial charge in [0.25, 0.3) is 0 Å². The molecule has 1 amide bonds. The molecule has 3 aromatic rings. The Morgan fingerprint density at radius 1 is 1.03 bits per heavy atom. The van der Waals surface area contributed by atoms with Crippen molar-refractivity contribution in [2.45, 2.75) is 12.3 Å². The van der Waals surface area contributed by atoms with E-state index in [0.29, 0.717) is 25.3 Å². The van der Waals surface area contributed by atoms with Crippen LogP contribution in [-0.4, -0.2) is 26.4 Å². The minimum atomic E-state index is -0.406. The molecule has 0 aliphatic heterocycles. The fourth-order valence-electron chi connectivity index (χ4n) is 4.00. The smallest absolute Gasteiger partial charge is 0.407 e. The summed E-state index contributed by atoms with van der Waals surface area (Å²) in [5.74, 6) is 0.823. The maximum Gasteiger partial charge on any atom is 0.407 e. The number of hydrogen-bond acceptors (Lipinski definition) is 4. The summed E-state index contributed by atoms with van der Waals surface area (Å²) in [5, 5.41) is 2.81. The third-order valence-corrected chi connectivity index (χ3v) is 5.48. The van der Waals surface area contributed by atoms with Crippen molar-refractivity contribution in [3.05, 3.63) is 89.5 Å². The highest BCUT2D eigenvalue weighted by Gasteiger charge is 2.28. The minimum Gasteiger partial charge on any atom is -0.496 e. The number of benzene rings is 3. The van der Waals surface area contributed by atoms with Crippen molar-refractivity contribution in [2.75, 3.05) is 26.0 Å². The number of carbonyl (C=O) groups is 1. The second-order valence-electron chi connectivity index (χ2n) is 7.44. The Morgan fingerprint density at radius 2 is 1.71 bits per heavy atom.